The highest BCUT2D eigenvalue weighted by Crippen LogP contribution is 2.34. The van der Waals surface area contributed by atoms with E-state index in [9.17, 15) is 9.90 Å². The van der Waals surface area contributed by atoms with Gasteiger partial charge in [-0.25, -0.2) is 4.79 Å². The monoisotopic (exact) mass is 280 g/mol. The molecule has 100 valence electrons. The van der Waals surface area contributed by atoms with Crippen molar-refractivity contribution in [2.75, 3.05) is 11.5 Å². The van der Waals surface area contributed by atoms with Gasteiger partial charge in [-0.15, -0.1) is 0 Å². The van der Waals surface area contributed by atoms with Gasteiger partial charge in [-0.05, 0) is 31.5 Å². The number of benzene rings is 1. The molecular formula is C13H13ClN2O3. The molecule has 0 spiro atoms. The van der Waals surface area contributed by atoms with Crippen LogP contribution in [0.1, 0.15) is 18.1 Å². The summed E-state index contributed by atoms with van der Waals surface area (Å²) in [5, 5.41) is 18.6. The van der Waals surface area contributed by atoms with Crippen molar-refractivity contribution in [1.82, 2.24) is 0 Å². The van der Waals surface area contributed by atoms with E-state index in [2.05, 4.69) is 0 Å². The Kier molecular flexibility index (Phi) is 3.65. The van der Waals surface area contributed by atoms with Crippen molar-refractivity contribution in [1.29, 1.82) is 5.26 Å². The first-order valence-corrected chi connectivity index (χ1v) is 6.19. The predicted octanol–water partition coefficient (Wildman–Crippen LogP) is 2.23. The molecule has 1 aliphatic rings. The molecule has 1 amide bonds. The number of carbonyl (C=O) groups excluding carboxylic acids is 1. The van der Waals surface area contributed by atoms with Gasteiger partial charge in [0.05, 0.1) is 22.9 Å². The van der Waals surface area contributed by atoms with Gasteiger partial charge in [-0.3, -0.25) is 4.90 Å². The number of rotatable bonds is 2. The van der Waals surface area contributed by atoms with Gasteiger partial charge >= 0.3 is 6.09 Å². The summed E-state index contributed by atoms with van der Waals surface area (Å²) in [6.45, 7) is 3.24. The molecule has 0 radical (unpaired) electrons. The molecule has 19 heavy (non-hydrogen) atoms. The largest absolute Gasteiger partial charge is 0.444 e. The third-order valence-corrected chi connectivity index (χ3v) is 3.77. The third-order valence-electron chi connectivity index (χ3n) is 3.28. The Balaban J connectivity index is 2.50. The maximum Gasteiger partial charge on any atom is 0.415 e. The van der Waals surface area contributed by atoms with Gasteiger partial charge in [-0.2, -0.15) is 5.26 Å². The first-order chi connectivity index (χ1) is 9.01. The van der Waals surface area contributed by atoms with Crippen molar-refractivity contribution >= 4 is 23.4 Å². The van der Waals surface area contributed by atoms with E-state index in [1.807, 2.05) is 6.07 Å². The lowest BCUT2D eigenvalue weighted by Gasteiger charge is -2.23. The minimum Gasteiger partial charge on any atom is -0.444 e. The van der Waals surface area contributed by atoms with Gasteiger partial charge in [0.25, 0.3) is 0 Å². The second-order valence-corrected chi connectivity index (χ2v) is 4.77. The Labute approximate surface area is 116 Å². The zero-order valence-corrected chi connectivity index (χ0v) is 11.3. The summed E-state index contributed by atoms with van der Waals surface area (Å²) in [7, 11) is 0. The molecule has 0 bridgehead atoms. The Morgan fingerprint density at radius 2 is 2.26 bits per heavy atom. The van der Waals surface area contributed by atoms with Crippen LogP contribution in [0.25, 0.3) is 0 Å². The van der Waals surface area contributed by atoms with Crippen LogP contribution in [0.2, 0.25) is 5.02 Å². The van der Waals surface area contributed by atoms with Crippen LogP contribution in [-0.4, -0.2) is 30.0 Å². The van der Waals surface area contributed by atoms with E-state index in [1.54, 1.807) is 26.0 Å². The molecular weight excluding hydrogens is 268 g/mol. The fraction of sp³-hybridized carbons (Fsp3) is 0.385. The molecule has 1 aliphatic heterocycles. The van der Waals surface area contributed by atoms with Gasteiger partial charge in [0, 0.05) is 0 Å². The smallest absolute Gasteiger partial charge is 0.415 e. The molecule has 1 aromatic rings. The topological polar surface area (TPSA) is 73.6 Å². The Morgan fingerprint density at radius 1 is 1.58 bits per heavy atom. The average molecular weight is 281 g/mol. The normalized spacial score (nSPS) is 22.3. The Morgan fingerprint density at radius 3 is 2.84 bits per heavy atom. The first-order valence-electron chi connectivity index (χ1n) is 5.81. The number of hydrogen-bond donors (Lipinski definition) is 1. The van der Waals surface area contributed by atoms with Crippen molar-refractivity contribution < 1.29 is 14.6 Å². The molecule has 0 aliphatic carbocycles. The van der Waals surface area contributed by atoms with Crippen LogP contribution in [0.5, 0.6) is 0 Å². The van der Waals surface area contributed by atoms with Crippen molar-refractivity contribution in [2.45, 2.75) is 26.0 Å². The quantitative estimate of drug-likeness (QED) is 0.901. The average Bonchev–Trinajstić information content (AvgIpc) is 2.67. The molecule has 2 rings (SSSR count). The summed E-state index contributed by atoms with van der Waals surface area (Å²) in [5.74, 6) is 0. The highest BCUT2D eigenvalue weighted by Gasteiger charge is 2.40. The van der Waals surface area contributed by atoms with E-state index in [1.165, 1.54) is 4.90 Å². The van der Waals surface area contributed by atoms with E-state index in [0.717, 1.165) is 0 Å². The molecule has 1 fully saturated rings. The summed E-state index contributed by atoms with van der Waals surface area (Å²) in [6.07, 6.45) is -0.915. The predicted molar refractivity (Wildman–Crippen MR) is 70.2 cm³/mol. The zero-order valence-electron chi connectivity index (χ0n) is 10.6. The molecule has 2 atom stereocenters. The van der Waals surface area contributed by atoms with Crippen molar-refractivity contribution in [3.05, 3.63) is 28.3 Å². The van der Waals surface area contributed by atoms with Crippen LogP contribution in [0.4, 0.5) is 10.5 Å². The Hall–Kier alpha value is -1.77. The molecule has 0 aromatic heterocycles. The molecule has 1 saturated heterocycles. The van der Waals surface area contributed by atoms with Crippen LogP contribution in [0.15, 0.2) is 12.1 Å². The summed E-state index contributed by atoms with van der Waals surface area (Å²) >= 11 is 6.09. The van der Waals surface area contributed by atoms with Gasteiger partial charge in [-0.1, -0.05) is 11.6 Å². The third kappa shape index (κ3) is 2.14. The van der Waals surface area contributed by atoms with Gasteiger partial charge < -0.3 is 9.84 Å². The number of nitriles is 1. The number of cyclic esters (lactones) is 1. The molecule has 1 N–H and O–H groups in total. The number of aliphatic hydroxyl groups excluding tert-OH is 1. The summed E-state index contributed by atoms with van der Waals surface area (Å²) in [4.78, 5) is 13.2. The summed E-state index contributed by atoms with van der Waals surface area (Å²) in [6, 6.07) is 4.73. The number of carbonyl (C=O) groups is 1. The van der Waals surface area contributed by atoms with Crippen molar-refractivity contribution in [3.8, 4) is 6.07 Å². The van der Waals surface area contributed by atoms with Crippen LogP contribution < -0.4 is 4.90 Å². The first kappa shape index (κ1) is 13.7. The standard InChI is InChI=1S/C13H13ClN2O3/c1-7-10(4-3-9(5-15)12(7)14)16-11(6-17)8(2)19-13(16)18/h3-4,8,11,17H,6H2,1-2H3. The number of ether oxygens (including phenoxy) is 1. The summed E-state index contributed by atoms with van der Waals surface area (Å²) < 4.78 is 5.10. The molecule has 0 saturated carbocycles. The highest BCUT2D eigenvalue weighted by molar-refractivity contribution is 6.33. The van der Waals surface area contributed by atoms with Crippen molar-refractivity contribution in [2.24, 2.45) is 0 Å². The highest BCUT2D eigenvalue weighted by atomic mass is 35.5. The number of halogens is 1. The summed E-state index contributed by atoms with van der Waals surface area (Å²) in [5.41, 5.74) is 1.52. The van der Waals surface area contributed by atoms with Crippen LogP contribution >= 0.6 is 11.6 Å². The fourth-order valence-electron chi connectivity index (χ4n) is 2.17. The molecule has 5 nitrogen and oxygen atoms in total. The number of nitrogens with zero attached hydrogens (tertiary/aromatic N) is 2. The Bertz CT molecular complexity index is 568. The lowest BCUT2D eigenvalue weighted by Crippen LogP contribution is -2.39. The van der Waals surface area contributed by atoms with E-state index in [-0.39, 0.29) is 6.61 Å². The van der Waals surface area contributed by atoms with Crippen LogP contribution in [0, 0.1) is 18.3 Å². The number of anilines is 1. The number of aliphatic hydroxyl groups is 1. The lowest BCUT2D eigenvalue weighted by molar-refractivity contribution is 0.129. The molecule has 6 heteroatoms. The molecule has 1 aromatic carbocycles. The number of hydrogen-bond acceptors (Lipinski definition) is 4. The maximum absolute atomic E-state index is 11.9. The van der Waals surface area contributed by atoms with Crippen molar-refractivity contribution in [3.63, 3.8) is 0 Å². The van der Waals surface area contributed by atoms with Gasteiger partial charge in [0.1, 0.15) is 18.2 Å². The minimum absolute atomic E-state index is 0.204. The van der Waals surface area contributed by atoms with Crippen LogP contribution in [0.3, 0.4) is 0 Å². The van der Waals surface area contributed by atoms with E-state index in [0.29, 0.717) is 21.8 Å². The SMILES string of the molecule is Cc1c(N2C(=O)OC(C)C2CO)ccc(C#N)c1Cl. The molecule has 2 unspecified atom stereocenters. The fourth-order valence-corrected chi connectivity index (χ4v) is 2.37. The second-order valence-electron chi connectivity index (χ2n) is 4.39. The van der Waals surface area contributed by atoms with E-state index in [4.69, 9.17) is 21.6 Å². The van der Waals surface area contributed by atoms with E-state index >= 15 is 0 Å². The maximum atomic E-state index is 11.9. The zero-order chi connectivity index (χ0) is 14.2. The van der Waals surface area contributed by atoms with Gasteiger partial charge in [0.2, 0.25) is 0 Å². The lowest BCUT2D eigenvalue weighted by atomic mass is 10.1. The second kappa shape index (κ2) is 5.08. The van der Waals surface area contributed by atoms with Gasteiger partial charge in [0.15, 0.2) is 0 Å². The van der Waals surface area contributed by atoms with E-state index < -0.39 is 18.2 Å². The van der Waals surface area contributed by atoms with Crippen LogP contribution in [-0.2, 0) is 4.74 Å². The molecule has 1 heterocycles. The number of amides is 1. The minimum atomic E-state index is -0.518.